The maximum Gasteiger partial charge on any atom is 0.220 e. The van der Waals surface area contributed by atoms with Crippen LogP contribution in [0.3, 0.4) is 0 Å². The first-order valence-corrected chi connectivity index (χ1v) is 7.20. The Morgan fingerprint density at radius 1 is 1.10 bits per heavy atom. The maximum absolute atomic E-state index is 11.8. The smallest absolute Gasteiger partial charge is 0.220 e. The third-order valence-electron chi connectivity index (χ3n) is 3.44. The monoisotopic (exact) mass is 283 g/mol. The second kappa shape index (κ2) is 7.60. The molecule has 0 aromatic heterocycles. The molecule has 0 spiro atoms. The van der Waals surface area contributed by atoms with Crippen molar-refractivity contribution in [3.8, 4) is 0 Å². The Bertz CT molecular complexity index is 564. The van der Waals surface area contributed by atoms with E-state index in [0.29, 0.717) is 12.8 Å². The number of carbonyl (C=O) groups excluding carboxylic acids is 1. The van der Waals surface area contributed by atoms with Gasteiger partial charge in [-0.05, 0) is 24.5 Å². The van der Waals surface area contributed by atoms with Crippen LogP contribution in [-0.4, -0.2) is 17.6 Å². The van der Waals surface area contributed by atoms with Crippen LogP contribution in [0, 0.1) is 6.92 Å². The number of nitrogens with one attached hydrogen (secondary N) is 1. The van der Waals surface area contributed by atoms with E-state index in [-0.39, 0.29) is 12.5 Å². The number of aliphatic hydroxyl groups excluding tert-OH is 1. The molecule has 2 aromatic rings. The number of hydrogen-bond acceptors (Lipinski definition) is 2. The topological polar surface area (TPSA) is 49.3 Å². The molecule has 21 heavy (non-hydrogen) atoms. The van der Waals surface area contributed by atoms with Gasteiger partial charge in [-0.2, -0.15) is 0 Å². The van der Waals surface area contributed by atoms with Gasteiger partial charge >= 0.3 is 0 Å². The number of benzene rings is 2. The van der Waals surface area contributed by atoms with Crippen molar-refractivity contribution in [3.63, 3.8) is 0 Å². The molecule has 2 rings (SSSR count). The first-order chi connectivity index (χ1) is 10.1. The predicted octanol–water partition coefficient (Wildman–Crippen LogP) is 2.78. The molecule has 1 amide bonds. The Hall–Kier alpha value is -2.13. The Morgan fingerprint density at radius 3 is 2.43 bits per heavy atom. The third-order valence-corrected chi connectivity index (χ3v) is 3.44. The maximum atomic E-state index is 11.8. The molecule has 0 aliphatic rings. The quantitative estimate of drug-likeness (QED) is 0.856. The van der Waals surface area contributed by atoms with Gasteiger partial charge in [0.2, 0.25) is 5.91 Å². The molecule has 3 heteroatoms. The standard InChI is InChI=1S/C18H21NO2/c1-14-7-9-15(10-8-14)11-12-18(21)19-13-17(20)16-5-3-2-4-6-16/h2-10,17,20H,11-13H2,1H3,(H,19,21). The molecule has 0 radical (unpaired) electrons. The Balaban J connectivity index is 1.73. The first-order valence-electron chi connectivity index (χ1n) is 7.20. The van der Waals surface area contributed by atoms with Gasteiger partial charge in [-0.25, -0.2) is 0 Å². The molecular formula is C18H21NO2. The van der Waals surface area contributed by atoms with E-state index in [0.717, 1.165) is 11.1 Å². The van der Waals surface area contributed by atoms with E-state index in [4.69, 9.17) is 0 Å². The highest BCUT2D eigenvalue weighted by Crippen LogP contribution is 2.11. The average Bonchev–Trinajstić information content (AvgIpc) is 2.53. The fourth-order valence-corrected chi connectivity index (χ4v) is 2.10. The minimum Gasteiger partial charge on any atom is -0.387 e. The Kier molecular flexibility index (Phi) is 5.52. The van der Waals surface area contributed by atoms with Crippen molar-refractivity contribution in [3.05, 3.63) is 71.3 Å². The van der Waals surface area contributed by atoms with Crippen LogP contribution >= 0.6 is 0 Å². The summed E-state index contributed by atoms with van der Waals surface area (Å²) in [5.41, 5.74) is 3.19. The molecular weight excluding hydrogens is 262 g/mol. The van der Waals surface area contributed by atoms with Gasteiger partial charge < -0.3 is 10.4 Å². The fraction of sp³-hybridized carbons (Fsp3) is 0.278. The van der Waals surface area contributed by atoms with Gasteiger partial charge in [0.25, 0.3) is 0 Å². The molecule has 0 saturated heterocycles. The van der Waals surface area contributed by atoms with E-state index in [2.05, 4.69) is 5.32 Å². The fourth-order valence-electron chi connectivity index (χ4n) is 2.10. The predicted molar refractivity (Wildman–Crippen MR) is 83.9 cm³/mol. The zero-order chi connectivity index (χ0) is 15.1. The molecule has 110 valence electrons. The van der Waals surface area contributed by atoms with Crippen LogP contribution in [0.25, 0.3) is 0 Å². The molecule has 0 aliphatic heterocycles. The van der Waals surface area contributed by atoms with Gasteiger partial charge in [0, 0.05) is 13.0 Å². The normalized spacial score (nSPS) is 11.9. The Morgan fingerprint density at radius 2 is 1.76 bits per heavy atom. The van der Waals surface area contributed by atoms with Gasteiger partial charge in [-0.3, -0.25) is 4.79 Å². The van der Waals surface area contributed by atoms with Crippen molar-refractivity contribution >= 4 is 5.91 Å². The van der Waals surface area contributed by atoms with Gasteiger partial charge in [0.1, 0.15) is 0 Å². The molecule has 0 saturated carbocycles. The van der Waals surface area contributed by atoms with Gasteiger partial charge in [0.15, 0.2) is 0 Å². The Labute approximate surface area is 125 Å². The molecule has 3 nitrogen and oxygen atoms in total. The van der Waals surface area contributed by atoms with E-state index < -0.39 is 6.10 Å². The summed E-state index contributed by atoms with van der Waals surface area (Å²) in [6, 6.07) is 17.5. The summed E-state index contributed by atoms with van der Waals surface area (Å²) < 4.78 is 0. The van der Waals surface area contributed by atoms with Gasteiger partial charge in [0.05, 0.1) is 6.10 Å². The molecule has 0 bridgehead atoms. The molecule has 0 heterocycles. The summed E-state index contributed by atoms with van der Waals surface area (Å²) in [5.74, 6) is -0.0365. The van der Waals surface area contributed by atoms with Crippen LogP contribution in [0.5, 0.6) is 0 Å². The van der Waals surface area contributed by atoms with Crippen LogP contribution < -0.4 is 5.32 Å². The summed E-state index contributed by atoms with van der Waals surface area (Å²) in [4.78, 5) is 11.8. The SMILES string of the molecule is Cc1ccc(CCC(=O)NCC(O)c2ccccc2)cc1. The van der Waals surface area contributed by atoms with Crippen molar-refractivity contribution in [2.75, 3.05) is 6.54 Å². The lowest BCUT2D eigenvalue weighted by Crippen LogP contribution is -2.28. The van der Waals surface area contributed by atoms with Crippen molar-refractivity contribution in [1.82, 2.24) is 5.32 Å². The summed E-state index contributed by atoms with van der Waals surface area (Å²) >= 11 is 0. The minimum atomic E-state index is -0.658. The molecule has 1 unspecified atom stereocenters. The zero-order valence-corrected chi connectivity index (χ0v) is 12.3. The van der Waals surface area contributed by atoms with Crippen molar-refractivity contribution in [2.45, 2.75) is 25.9 Å². The largest absolute Gasteiger partial charge is 0.387 e. The first kappa shape index (κ1) is 15.3. The number of aryl methyl sites for hydroxylation is 2. The minimum absolute atomic E-state index is 0.0365. The molecule has 0 aliphatic carbocycles. The van der Waals surface area contributed by atoms with Crippen LogP contribution in [-0.2, 0) is 11.2 Å². The van der Waals surface area contributed by atoms with Crippen molar-refractivity contribution < 1.29 is 9.90 Å². The van der Waals surface area contributed by atoms with E-state index >= 15 is 0 Å². The number of aliphatic hydroxyl groups is 1. The lowest BCUT2D eigenvalue weighted by molar-refractivity contribution is -0.121. The van der Waals surface area contributed by atoms with Crippen LogP contribution in [0.15, 0.2) is 54.6 Å². The van der Waals surface area contributed by atoms with E-state index in [1.54, 1.807) is 0 Å². The van der Waals surface area contributed by atoms with Crippen molar-refractivity contribution in [2.24, 2.45) is 0 Å². The number of amides is 1. The van der Waals surface area contributed by atoms with Crippen LogP contribution in [0.1, 0.15) is 29.2 Å². The number of hydrogen-bond donors (Lipinski definition) is 2. The molecule has 2 aromatic carbocycles. The average molecular weight is 283 g/mol. The second-order valence-corrected chi connectivity index (χ2v) is 5.22. The number of rotatable bonds is 6. The van der Waals surface area contributed by atoms with Gasteiger partial charge in [-0.1, -0.05) is 60.2 Å². The number of carbonyl (C=O) groups is 1. The second-order valence-electron chi connectivity index (χ2n) is 5.22. The highest BCUT2D eigenvalue weighted by Gasteiger charge is 2.09. The van der Waals surface area contributed by atoms with Gasteiger partial charge in [-0.15, -0.1) is 0 Å². The zero-order valence-electron chi connectivity index (χ0n) is 12.3. The highest BCUT2D eigenvalue weighted by atomic mass is 16.3. The molecule has 2 N–H and O–H groups in total. The molecule has 1 atom stereocenters. The summed E-state index contributed by atoms with van der Waals surface area (Å²) in [7, 11) is 0. The van der Waals surface area contributed by atoms with Crippen LogP contribution in [0.4, 0.5) is 0 Å². The summed E-state index contributed by atoms with van der Waals surface area (Å²) in [6.07, 6.45) is 0.493. The summed E-state index contributed by atoms with van der Waals surface area (Å²) in [5, 5.41) is 12.7. The third kappa shape index (κ3) is 5.04. The van der Waals surface area contributed by atoms with Crippen molar-refractivity contribution in [1.29, 1.82) is 0 Å². The van der Waals surface area contributed by atoms with E-state index in [1.807, 2.05) is 61.5 Å². The highest BCUT2D eigenvalue weighted by molar-refractivity contribution is 5.76. The lowest BCUT2D eigenvalue weighted by atomic mass is 10.1. The lowest BCUT2D eigenvalue weighted by Gasteiger charge is -2.12. The van der Waals surface area contributed by atoms with Crippen LogP contribution in [0.2, 0.25) is 0 Å². The molecule has 0 fully saturated rings. The van der Waals surface area contributed by atoms with E-state index in [9.17, 15) is 9.90 Å². The summed E-state index contributed by atoms with van der Waals surface area (Å²) in [6.45, 7) is 2.29. The van der Waals surface area contributed by atoms with E-state index in [1.165, 1.54) is 5.56 Å².